The van der Waals surface area contributed by atoms with Crippen molar-refractivity contribution in [2.75, 3.05) is 0 Å². The van der Waals surface area contributed by atoms with Crippen LogP contribution in [0, 0.1) is 0 Å². The highest BCUT2D eigenvalue weighted by Crippen LogP contribution is 2.17. The summed E-state index contributed by atoms with van der Waals surface area (Å²) in [5.74, 6) is 0.902. The predicted octanol–water partition coefficient (Wildman–Crippen LogP) is 2.67. The van der Waals surface area contributed by atoms with Crippen LogP contribution in [-0.2, 0) is 0 Å². The quantitative estimate of drug-likeness (QED) is 0.507. The first-order valence-electron chi connectivity index (χ1n) is 5.78. The summed E-state index contributed by atoms with van der Waals surface area (Å²) in [5, 5.41) is 6.57. The Morgan fingerprint density at radius 2 is 1.67 bits per heavy atom. The van der Waals surface area contributed by atoms with E-state index in [1.54, 1.807) is 10.7 Å². The van der Waals surface area contributed by atoms with Crippen LogP contribution in [0.15, 0.2) is 61.2 Å². The Morgan fingerprint density at radius 3 is 2.44 bits per heavy atom. The van der Waals surface area contributed by atoms with Gasteiger partial charge in [-0.2, -0.15) is 5.10 Å². The summed E-state index contributed by atoms with van der Waals surface area (Å²) >= 11 is 0. The summed E-state index contributed by atoms with van der Waals surface area (Å²) in [6.45, 7) is 0. The summed E-state index contributed by atoms with van der Waals surface area (Å²) in [5.41, 5.74) is 0.852. The van der Waals surface area contributed by atoms with Crippen molar-refractivity contribution in [1.29, 1.82) is 0 Å². The average Bonchev–Trinajstić information content (AvgIpc) is 3.04. The molecule has 4 heteroatoms. The average molecular weight is 234 g/mol. The normalized spacial score (nSPS) is 11.3. The fraction of sp³-hybridized carbons (Fsp3) is 0. The van der Waals surface area contributed by atoms with Crippen LogP contribution in [0.4, 0.5) is 0 Å². The van der Waals surface area contributed by atoms with Gasteiger partial charge in [-0.15, -0.1) is 0 Å². The van der Waals surface area contributed by atoms with Crippen molar-refractivity contribution >= 4 is 16.4 Å². The van der Waals surface area contributed by atoms with Crippen LogP contribution in [0.3, 0.4) is 0 Å². The van der Waals surface area contributed by atoms with Crippen LogP contribution >= 0.6 is 0 Å². The summed E-state index contributed by atoms with van der Waals surface area (Å²) in [6.07, 6.45) is 7.84. The van der Waals surface area contributed by atoms with Crippen LogP contribution in [-0.4, -0.2) is 19.2 Å². The molecule has 4 rings (SSSR count). The van der Waals surface area contributed by atoms with Gasteiger partial charge in [0.05, 0.1) is 6.20 Å². The van der Waals surface area contributed by atoms with Crippen molar-refractivity contribution in [3.63, 3.8) is 0 Å². The lowest BCUT2D eigenvalue weighted by molar-refractivity contribution is 0.913. The zero-order chi connectivity index (χ0) is 11.9. The Labute approximate surface area is 103 Å². The van der Waals surface area contributed by atoms with Crippen LogP contribution in [0.2, 0.25) is 0 Å². The second kappa shape index (κ2) is 3.43. The molecule has 3 aromatic heterocycles. The van der Waals surface area contributed by atoms with Gasteiger partial charge in [-0.25, -0.2) is 9.50 Å². The van der Waals surface area contributed by atoms with E-state index in [0.29, 0.717) is 0 Å². The third-order valence-electron chi connectivity index (χ3n) is 3.06. The number of rotatable bonds is 1. The van der Waals surface area contributed by atoms with E-state index in [-0.39, 0.29) is 0 Å². The van der Waals surface area contributed by atoms with Crippen LogP contribution < -0.4 is 0 Å². The summed E-state index contributed by atoms with van der Waals surface area (Å²) in [4.78, 5) is 4.56. The molecule has 86 valence electrons. The van der Waals surface area contributed by atoms with E-state index in [0.717, 1.165) is 11.5 Å². The minimum atomic E-state index is 0.852. The molecular formula is C14H10N4. The maximum absolute atomic E-state index is 4.56. The molecule has 0 atom stereocenters. The van der Waals surface area contributed by atoms with Crippen LogP contribution in [0.5, 0.6) is 0 Å². The molecule has 0 radical (unpaired) electrons. The minimum Gasteiger partial charge on any atom is -0.307 e. The molecule has 0 bridgehead atoms. The van der Waals surface area contributed by atoms with Gasteiger partial charge in [0.25, 0.3) is 0 Å². The molecule has 0 spiro atoms. The zero-order valence-electron chi connectivity index (χ0n) is 9.56. The van der Waals surface area contributed by atoms with E-state index in [4.69, 9.17) is 0 Å². The van der Waals surface area contributed by atoms with Crippen LogP contribution in [0.1, 0.15) is 0 Å². The SMILES string of the molecule is c1ccc2cn(-c3ccn4nccc4n3)cc2c1. The molecule has 0 aliphatic rings. The van der Waals surface area contributed by atoms with Gasteiger partial charge in [-0.05, 0) is 16.8 Å². The Hall–Kier alpha value is -2.62. The van der Waals surface area contributed by atoms with Crippen molar-refractivity contribution in [2.45, 2.75) is 0 Å². The van der Waals surface area contributed by atoms with Crippen molar-refractivity contribution in [3.05, 3.63) is 61.2 Å². The van der Waals surface area contributed by atoms with Gasteiger partial charge >= 0.3 is 0 Å². The molecule has 0 fully saturated rings. The highest BCUT2D eigenvalue weighted by atomic mass is 15.2. The van der Waals surface area contributed by atoms with Gasteiger partial charge in [-0.3, -0.25) is 0 Å². The second-order valence-electron chi connectivity index (χ2n) is 4.21. The fourth-order valence-corrected chi connectivity index (χ4v) is 2.16. The zero-order valence-corrected chi connectivity index (χ0v) is 9.56. The Balaban J connectivity index is 1.94. The van der Waals surface area contributed by atoms with Gasteiger partial charge in [-0.1, -0.05) is 24.3 Å². The highest BCUT2D eigenvalue weighted by molar-refractivity contribution is 5.82. The largest absolute Gasteiger partial charge is 0.307 e. The van der Waals surface area contributed by atoms with Crippen molar-refractivity contribution < 1.29 is 0 Å². The van der Waals surface area contributed by atoms with Gasteiger partial charge in [0.2, 0.25) is 0 Å². The van der Waals surface area contributed by atoms with E-state index in [9.17, 15) is 0 Å². The molecule has 3 heterocycles. The summed E-state index contributed by atoms with van der Waals surface area (Å²) in [6, 6.07) is 12.1. The molecule has 0 amide bonds. The van der Waals surface area contributed by atoms with E-state index >= 15 is 0 Å². The molecular weight excluding hydrogens is 224 g/mol. The van der Waals surface area contributed by atoms with Crippen molar-refractivity contribution in [2.24, 2.45) is 0 Å². The topological polar surface area (TPSA) is 35.1 Å². The molecule has 0 saturated heterocycles. The molecule has 18 heavy (non-hydrogen) atoms. The Morgan fingerprint density at radius 1 is 0.889 bits per heavy atom. The fourth-order valence-electron chi connectivity index (χ4n) is 2.16. The first-order chi connectivity index (χ1) is 8.90. The van der Waals surface area contributed by atoms with Gasteiger partial charge in [0.1, 0.15) is 5.82 Å². The molecule has 0 saturated carbocycles. The molecule has 0 aliphatic heterocycles. The lowest BCUT2D eigenvalue weighted by atomic mass is 10.2. The third-order valence-corrected chi connectivity index (χ3v) is 3.06. The van der Waals surface area contributed by atoms with E-state index in [1.165, 1.54) is 10.8 Å². The third kappa shape index (κ3) is 1.32. The molecule has 0 N–H and O–H groups in total. The number of aromatic nitrogens is 4. The molecule has 0 unspecified atom stereocenters. The van der Waals surface area contributed by atoms with E-state index in [2.05, 4.69) is 34.6 Å². The highest BCUT2D eigenvalue weighted by Gasteiger charge is 2.02. The van der Waals surface area contributed by atoms with Crippen molar-refractivity contribution in [1.82, 2.24) is 19.2 Å². The number of benzene rings is 1. The smallest absolute Gasteiger partial charge is 0.157 e. The first kappa shape index (κ1) is 9.41. The predicted molar refractivity (Wildman–Crippen MR) is 69.8 cm³/mol. The number of fused-ring (bicyclic) bond motifs is 2. The maximum Gasteiger partial charge on any atom is 0.157 e. The van der Waals surface area contributed by atoms with Gasteiger partial charge < -0.3 is 4.57 Å². The maximum atomic E-state index is 4.56. The summed E-state index contributed by atoms with van der Waals surface area (Å²) in [7, 11) is 0. The molecule has 4 nitrogen and oxygen atoms in total. The number of nitrogens with zero attached hydrogens (tertiary/aromatic N) is 4. The minimum absolute atomic E-state index is 0.852. The summed E-state index contributed by atoms with van der Waals surface area (Å²) < 4.78 is 3.80. The van der Waals surface area contributed by atoms with Gasteiger partial charge in [0.15, 0.2) is 5.65 Å². The van der Waals surface area contributed by atoms with E-state index < -0.39 is 0 Å². The second-order valence-corrected chi connectivity index (χ2v) is 4.21. The number of hydrogen-bond acceptors (Lipinski definition) is 2. The monoisotopic (exact) mass is 234 g/mol. The lowest BCUT2D eigenvalue weighted by Gasteiger charge is -2.01. The van der Waals surface area contributed by atoms with E-state index in [1.807, 2.05) is 35.0 Å². The molecule has 4 aromatic rings. The molecule has 0 aliphatic carbocycles. The first-order valence-corrected chi connectivity index (χ1v) is 5.78. The standard InChI is InChI=1S/C14H10N4/c1-2-4-12-10-17(9-11(12)3-1)13-6-8-18-14(16-13)5-7-15-18/h1-10H. The Kier molecular flexibility index (Phi) is 1.80. The Bertz CT molecular complexity index is 808. The van der Waals surface area contributed by atoms with Gasteiger partial charge in [0, 0.05) is 24.7 Å². The molecule has 1 aromatic carbocycles. The van der Waals surface area contributed by atoms with Crippen LogP contribution in [0.25, 0.3) is 22.2 Å². The number of hydrogen-bond donors (Lipinski definition) is 0. The van der Waals surface area contributed by atoms with Crippen molar-refractivity contribution in [3.8, 4) is 5.82 Å². The lowest BCUT2D eigenvalue weighted by Crippen LogP contribution is -1.97.